The average molecular weight is 371 g/mol. The number of nitrogens with zero attached hydrogens (tertiary/aromatic N) is 2. The standard InChI is InChI=1S/C19H25N5O3/c1-21-15-3-2-12(6-13(15)7-20)14-8-24(9-14)19(26)23-5-4-17-16(10-23)22-18(25)11-27-17/h2-3,6-7,14,16-17,20-21H,4-5,8-11H2,1H3,(H,22,25)/t16-,17+/m1/s1. The Kier molecular flexibility index (Phi) is 4.73. The normalized spacial score (nSPS) is 25.3. The van der Waals surface area contributed by atoms with Crippen molar-refractivity contribution in [3.8, 4) is 0 Å². The highest BCUT2D eigenvalue weighted by atomic mass is 16.5. The number of nitrogens with one attached hydrogen (secondary N) is 3. The van der Waals surface area contributed by atoms with Crippen LogP contribution in [0.1, 0.15) is 23.5 Å². The molecule has 0 saturated carbocycles. The van der Waals surface area contributed by atoms with Crippen molar-refractivity contribution < 1.29 is 14.3 Å². The first-order chi connectivity index (χ1) is 13.1. The second-order valence-electron chi connectivity index (χ2n) is 7.38. The molecule has 0 spiro atoms. The molecule has 1 aromatic rings. The lowest BCUT2D eigenvalue weighted by atomic mass is 9.90. The molecule has 3 fully saturated rings. The van der Waals surface area contributed by atoms with E-state index in [1.807, 2.05) is 29.0 Å². The summed E-state index contributed by atoms with van der Waals surface area (Å²) in [6.07, 6.45) is 2.12. The quantitative estimate of drug-likeness (QED) is 0.686. The molecule has 0 aliphatic carbocycles. The number of carbonyl (C=O) groups is 2. The molecular weight excluding hydrogens is 346 g/mol. The van der Waals surface area contributed by atoms with Gasteiger partial charge in [0.25, 0.3) is 0 Å². The highest BCUT2D eigenvalue weighted by Crippen LogP contribution is 2.31. The predicted octanol–water partition coefficient (Wildman–Crippen LogP) is 0.834. The first-order valence-electron chi connectivity index (χ1n) is 9.36. The van der Waals surface area contributed by atoms with E-state index in [1.165, 1.54) is 6.21 Å². The van der Waals surface area contributed by atoms with E-state index < -0.39 is 0 Å². The molecule has 0 aromatic heterocycles. The Morgan fingerprint density at radius 1 is 1.33 bits per heavy atom. The smallest absolute Gasteiger partial charge is 0.320 e. The summed E-state index contributed by atoms with van der Waals surface area (Å²) in [4.78, 5) is 28.0. The van der Waals surface area contributed by atoms with Crippen molar-refractivity contribution in [2.45, 2.75) is 24.5 Å². The summed E-state index contributed by atoms with van der Waals surface area (Å²) in [6, 6.07) is 5.99. The Morgan fingerprint density at radius 3 is 2.89 bits per heavy atom. The van der Waals surface area contributed by atoms with E-state index >= 15 is 0 Å². The zero-order valence-electron chi connectivity index (χ0n) is 15.4. The number of ether oxygens (including phenoxy) is 1. The fourth-order valence-corrected chi connectivity index (χ4v) is 4.10. The molecule has 3 saturated heterocycles. The van der Waals surface area contributed by atoms with Gasteiger partial charge >= 0.3 is 6.03 Å². The first-order valence-corrected chi connectivity index (χ1v) is 9.36. The number of benzene rings is 1. The van der Waals surface area contributed by atoms with E-state index in [1.54, 1.807) is 0 Å². The van der Waals surface area contributed by atoms with Crippen LogP contribution in [-0.2, 0) is 9.53 Å². The lowest BCUT2D eigenvalue weighted by Gasteiger charge is -2.46. The van der Waals surface area contributed by atoms with Crippen LogP contribution in [0.25, 0.3) is 0 Å². The van der Waals surface area contributed by atoms with Crippen molar-refractivity contribution in [2.75, 3.05) is 45.2 Å². The Bertz CT molecular complexity index is 762. The van der Waals surface area contributed by atoms with Crippen LogP contribution >= 0.6 is 0 Å². The minimum absolute atomic E-state index is 0.0149. The van der Waals surface area contributed by atoms with Crippen LogP contribution in [0.2, 0.25) is 0 Å². The summed E-state index contributed by atoms with van der Waals surface area (Å²) in [6.45, 7) is 2.65. The van der Waals surface area contributed by atoms with E-state index in [0.29, 0.717) is 32.1 Å². The number of piperidine rings is 1. The molecule has 3 amide bonds. The van der Waals surface area contributed by atoms with Crippen LogP contribution in [0.3, 0.4) is 0 Å². The summed E-state index contributed by atoms with van der Waals surface area (Å²) in [5, 5.41) is 13.6. The molecule has 3 N–H and O–H groups in total. The largest absolute Gasteiger partial charge is 0.388 e. The van der Waals surface area contributed by atoms with Crippen LogP contribution in [0.4, 0.5) is 10.5 Å². The highest BCUT2D eigenvalue weighted by Gasteiger charge is 2.40. The fraction of sp³-hybridized carbons (Fsp3) is 0.526. The maximum Gasteiger partial charge on any atom is 0.320 e. The molecule has 3 aliphatic heterocycles. The van der Waals surface area contributed by atoms with Gasteiger partial charge in [0.15, 0.2) is 0 Å². The fourth-order valence-electron chi connectivity index (χ4n) is 4.10. The number of rotatable bonds is 3. The second kappa shape index (κ2) is 7.19. The minimum atomic E-state index is -0.110. The van der Waals surface area contributed by atoms with Crippen LogP contribution in [0.15, 0.2) is 18.2 Å². The van der Waals surface area contributed by atoms with Crippen LogP contribution < -0.4 is 10.6 Å². The van der Waals surface area contributed by atoms with Gasteiger partial charge in [-0.05, 0) is 24.1 Å². The van der Waals surface area contributed by atoms with E-state index in [0.717, 1.165) is 23.2 Å². The topological polar surface area (TPSA) is 97.8 Å². The third-order valence-electron chi connectivity index (χ3n) is 5.72. The molecule has 3 aliphatic rings. The maximum atomic E-state index is 12.8. The lowest BCUT2D eigenvalue weighted by Crippen LogP contribution is -2.63. The molecule has 8 heteroatoms. The Labute approximate surface area is 158 Å². The van der Waals surface area contributed by atoms with Gasteiger partial charge in [-0.25, -0.2) is 4.79 Å². The van der Waals surface area contributed by atoms with E-state index in [-0.39, 0.29) is 30.7 Å². The molecule has 0 unspecified atom stereocenters. The van der Waals surface area contributed by atoms with Gasteiger partial charge < -0.3 is 30.6 Å². The summed E-state index contributed by atoms with van der Waals surface area (Å²) in [7, 11) is 1.84. The van der Waals surface area contributed by atoms with Crippen molar-refractivity contribution in [3.63, 3.8) is 0 Å². The van der Waals surface area contributed by atoms with Crippen LogP contribution in [-0.4, -0.2) is 79.9 Å². The van der Waals surface area contributed by atoms with Crippen molar-refractivity contribution in [1.29, 1.82) is 5.41 Å². The molecule has 27 heavy (non-hydrogen) atoms. The molecular formula is C19H25N5O3. The zero-order chi connectivity index (χ0) is 19.0. The summed E-state index contributed by atoms with van der Waals surface area (Å²) < 4.78 is 5.55. The number of fused-ring (bicyclic) bond motifs is 1. The second-order valence-corrected chi connectivity index (χ2v) is 7.38. The molecule has 2 atom stereocenters. The zero-order valence-corrected chi connectivity index (χ0v) is 15.4. The highest BCUT2D eigenvalue weighted by molar-refractivity contribution is 5.86. The number of urea groups is 1. The lowest BCUT2D eigenvalue weighted by molar-refractivity contribution is -0.139. The number of hydrogen-bond donors (Lipinski definition) is 3. The van der Waals surface area contributed by atoms with Gasteiger partial charge in [-0.3, -0.25) is 4.79 Å². The third-order valence-corrected chi connectivity index (χ3v) is 5.72. The number of amides is 3. The minimum Gasteiger partial charge on any atom is -0.388 e. The van der Waals surface area contributed by atoms with Crippen molar-refractivity contribution in [2.24, 2.45) is 0 Å². The number of likely N-dealkylation sites (tertiary alicyclic amines) is 2. The number of hydrogen-bond acceptors (Lipinski definition) is 5. The van der Waals surface area contributed by atoms with Gasteiger partial charge in [-0.2, -0.15) is 0 Å². The Balaban J connectivity index is 1.35. The SMILES string of the molecule is CNc1ccc(C2CN(C(=O)N3CC[C@@H]4OCC(=O)N[C@@H]4C3)C2)cc1C=N. The van der Waals surface area contributed by atoms with Crippen molar-refractivity contribution >= 4 is 23.8 Å². The van der Waals surface area contributed by atoms with Gasteiger partial charge in [0.05, 0.1) is 12.1 Å². The van der Waals surface area contributed by atoms with E-state index in [2.05, 4.69) is 16.7 Å². The number of carbonyl (C=O) groups excluding carboxylic acids is 2. The molecule has 3 heterocycles. The van der Waals surface area contributed by atoms with Gasteiger partial charge in [-0.1, -0.05) is 6.07 Å². The first kappa shape index (κ1) is 17.8. The van der Waals surface area contributed by atoms with Gasteiger partial charge in [0.1, 0.15) is 6.61 Å². The Morgan fingerprint density at radius 2 is 2.15 bits per heavy atom. The molecule has 4 rings (SSSR count). The summed E-state index contributed by atoms with van der Waals surface area (Å²) in [5.74, 6) is 0.190. The van der Waals surface area contributed by atoms with Crippen LogP contribution in [0, 0.1) is 5.41 Å². The summed E-state index contributed by atoms with van der Waals surface area (Å²) >= 11 is 0. The van der Waals surface area contributed by atoms with Crippen LogP contribution in [0.5, 0.6) is 0 Å². The molecule has 0 radical (unpaired) electrons. The van der Waals surface area contributed by atoms with E-state index in [9.17, 15) is 9.59 Å². The average Bonchev–Trinajstić information content (AvgIpc) is 2.65. The molecule has 8 nitrogen and oxygen atoms in total. The molecule has 144 valence electrons. The maximum absolute atomic E-state index is 12.8. The van der Waals surface area contributed by atoms with Gasteiger partial charge in [0, 0.05) is 56.6 Å². The molecule has 0 bridgehead atoms. The number of anilines is 1. The molecule has 1 aromatic carbocycles. The van der Waals surface area contributed by atoms with Crippen molar-refractivity contribution in [1.82, 2.24) is 15.1 Å². The predicted molar refractivity (Wildman–Crippen MR) is 101 cm³/mol. The monoisotopic (exact) mass is 371 g/mol. The Hall–Kier alpha value is -2.61. The van der Waals surface area contributed by atoms with Crippen molar-refractivity contribution in [3.05, 3.63) is 29.3 Å². The summed E-state index contributed by atoms with van der Waals surface area (Å²) in [5.41, 5.74) is 2.94. The van der Waals surface area contributed by atoms with Gasteiger partial charge in [-0.15, -0.1) is 0 Å². The number of morpholine rings is 1. The van der Waals surface area contributed by atoms with Gasteiger partial charge in [0.2, 0.25) is 5.91 Å². The third kappa shape index (κ3) is 3.37. The van der Waals surface area contributed by atoms with E-state index in [4.69, 9.17) is 10.1 Å².